The lowest BCUT2D eigenvalue weighted by Gasteiger charge is -2.27. The fraction of sp³-hybridized carbons (Fsp3) is 0.571. The van der Waals surface area contributed by atoms with Crippen LogP contribution in [0.5, 0.6) is 17.5 Å². The van der Waals surface area contributed by atoms with Crippen LogP contribution in [0.15, 0.2) is 6.07 Å². The van der Waals surface area contributed by atoms with Crippen LogP contribution in [0.2, 0.25) is 0 Å². The van der Waals surface area contributed by atoms with Crippen LogP contribution in [0.4, 0.5) is 4.79 Å². The number of carbonyl (C=O) groups is 2. The maximum Gasteiger partial charge on any atom is 0.411 e. The number of aromatic amines is 1. The molecule has 22 heavy (non-hydrogen) atoms. The largest absolute Gasteiger partial charge is 0.494 e. The molecule has 2 heterocycles. The van der Waals surface area contributed by atoms with Crippen molar-refractivity contribution < 1.29 is 29.3 Å². The van der Waals surface area contributed by atoms with E-state index in [1.165, 1.54) is 4.90 Å². The third kappa shape index (κ3) is 3.63. The number of esters is 1. The standard InChI is InChI=1S/C14H20N2O6/c1-14(2,3)22-13(20)16-6-4-5-8(16)12(19)21-9-7-10(17)15-11(9)18/h7-8,15,17-18H,4-6H2,1-3H3/t8-/m0/s1. The van der Waals surface area contributed by atoms with Gasteiger partial charge in [-0.25, -0.2) is 9.59 Å². The Labute approximate surface area is 127 Å². The maximum absolute atomic E-state index is 12.2. The summed E-state index contributed by atoms with van der Waals surface area (Å²) in [6, 6.07) is 0.311. The molecule has 3 N–H and O–H groups in total. The minimum Gasteiger partial charge on any atom is -0.494 e. The Morgan fingerprint density at radius 2 is 2.05 bits per heavy atom. The van der Waals surface area contributed by atoms with E-state index in [9.17, 15) is 19.8 Å². The number of amides is 1. The fourth-order valence-electron chi connectivity index (χ4n) is 2.22. The predicted molar refractivity (Wildman–Crippen MR) is 75.7 cm³/mol. The molecule has 2 rings (SSSR count). The molecule has 1 aromatic heterocycles. The number of aromatic nitrogens is 1. The number of hydrogen-bond donors (Lipinski definition) is 3. The van der Waals surface area contributed by atoms with Crippen molar-refractivity contribution in [1.82, 2.24) is 9.88 Å². The second kappa shape index (κ2) is 5.78. The minimum atomic E-state index is -0.772. The highest BCUT2D eigenvalue weighted by atomic mass is 16.6. The van der Waals surface area contributed by atoms with Gasteiger partial charge in [0, 0.05) is 12.6 Å². The van der Waals surface area contributed by atoms with Gasteiger partial charge in [-0.1, -0.05) is 0 Å². The first-order valence-corrected chi connectivity index (χ1v) is 6.99. The third-order valence-electron chi connectivity index (χ3n) is 3.11. The van der Waals surface area contributed by atoms with E-state index >= 15 is 0 Å². The summed E-state index contributed by atoms with van der Waals surface area (Å²) in [5.74, 6) is -1.64. The Morgan fingerprint density at radius 1 is 1.36 bits per heavy atom. The second-order valence-electron chi connectivity index (χ2n) is 6.12. The zero-order chi connectivity index (χ0) is 16.5. The first-order valence-electron chi connectivity index (χ1n) is 6.99. The van der Waals surface area contributed by atoms with Crippen molar-refractivity contribution >= 4 is 12.1 Å². The molecule has 8 heteroatoms. The Hall–Kier alpha value is -2.38. The van der Waals surface area contributed by atoms with Gasteiger partial charge in [0.05, 0.1) is 0 Å². The molecule has 1 aromatic rings. The van der Waals surface area contributed by atoms with Crippen molar-refractivity contribution in [2.75, 3.05) is 6.54 Å². The lowest BCUT2D eigenvalue weighted by atomic mass is 10.2. The average molecular weight is 312 g/mol. The van der Waals surface area contributed by atoms with Gasteiger partial charge >= 0.3 is 12.1 Å². The molecule has 0 aliphatic carbocycles. The number of H-pyrrole nitrogens is 1. The lowest BCUT2D eigenvalue weighted by molar-refractivity contribution is -0.139. The number of ether oxygens (including phenoxy) is 2. The van der Waals surface area contributed by atoms with Crippen molar-refractivity contribution in [2.45, 2.75) is 45.3 Å². The van der Waals surface area contributed by atoms with Gasteiger partial charge in [0.1, 0.15) is 11.6 Å². The van der Waals surface area contributed by atoms with Crippen molar-refractivity contribution in [2.24, 2.45) is 0 Å². The molecular weight excluding hydrogens is 292 g/mol. The minimum absolute atomic E-state index is 0.182. The van der Waals surface area contributed by atoms with E-state index < -0.39 is 29.6 Å². The Balaban J connectivity index is 2.05. The monoisotopic (exact) mass is 312 g/mol. The number of aromatic hydroxyl groups is 2. The van der Waals surface area contributed by atoms with Crippen molar-refractivity contribution in [3.8, 4) is 17.5 Å². The summed E-state index contributed by atoms with van der Waals surface area (Å²) >= 11 is 0. The van der Waals surface area contributed by atoms with Gasteiger partial charge in [-0.2, -0.15) is 0 Å². The predicted octanol–water partition coefficient (Wildman–Crippen LogP) is 1.73. The molecule has 0 saturated carbocycles. The van der Waals surface area contributed by atoms with Gasteiger partial charge in [-0.05, 0) is 33.6 Å². The highest BCUT2D eigenvalue weighted by molar-refractivity contribution is 5.84. The molecule has 1 atom stereocenters. The molecule has 0 spiro atoms. The van der Waals surface area contributed by atoms with Crippen LogP contribution in [-0.2, 0) is 9.53 Å². The summed E-state index contributed by atoms with van der Waals surface area (Å²) in [6.07, 6.45) is 0.534. The topological polar surface area (TPSA) is 112 Å². The van der Waals surface area contributed by atoms with Gasteiger partial charge in [0.15, 0.2) is 11.6 Å². The van der Waals surface area contributed by atoms with Gasteiger partial charge in [-0.3, -0.25) is 9.88 Å². The van der Waals surface area contributed by atoms with Crippen LogP contribution in [0, 0.1) is 0 Å². The number of rotatable bonds is 2. The van der Waals surface area contributed by atoms with E-state index in [1.807, 2.05) is 0 Å². The molecule has 0 unspecified atom stereocenters. The summed E-state index contributed by atoms with van der Waals surface area (Å²) in [5.41, 5.74) is -0.654. The Kier molecular flexibility index (Phi) is 4.20. The smallest absolute Gasteiger partial charge is 0.411 e. The van der Waals surface area contributed by atoms with Gasteiger partial charge in [0.25, 0.3) is 0 Å². The second-order valence-corrected chi connectivity index (χ2v) is 6.12. The zero-order valence-electron chi connectivity index (χ0n) is 12.8. The van der Waals surface area contributed by atoms with Crippen LogP contribution >= 0.6 is 0 Å². The Bertz CT molecular complexity index is 574. The number of nitrogens with one attached hydrogen (secondary N) is 1. The number of nitrogens with zero attached hydrogens (tertiary/aromatic N) is 1. The number of hydrogen-bond acceptors (Lipinski definition) is 6. The molecule has 1 amide bonds. The SMILES string of the molecule is CC(C)(C)OC(=O)N1CCC[C@H]1C(=O)Oc1cc(O)[nH]c1O. The van der Waals surface area contributed by atoms with Gasteiger partial charge in [0.2, 0.25) is 5.88 Å². The van der Waals surface area contributed by atoms with E-state index in [0.717, 1.165) is 6.07 Å². The van der Waals surface area contributed by atoms with E-state index in [0.29, 0.717) is 19.4 Å². The Morgan fingerprint density at radius 3 is 2.59 bits per heavy atom. The molecule has 1 aliphatic heterocycles. The molecule has 122 valence electrons. The molecule has 1 aliphatic rings. The molecule has 0 aromatic carbocycles. The normalized spacial score (nSPS) is 18.3. The van der Waals surface area contributed by atoms with Crippen LogP contribution in [-0.4, -0.2) is 50.3 Å². The van der Waals surface area contributed by atoms with Crippen LogP contribution in [0.1, 0.15) is 33.6 Å². The quantitative estimate of drug-likeness (QED) is 0.717. The molecule has 0 radical (unpaired) electrons. The first kappa shape index (κ1) is 16.0. The van der Waals surface area contributed by atoms with Crippen LogP contribution in [0.25, 0.3) is 0 Å². The van der Waals surface area contributed by atoms with E-state index in [2.05, 4.69) is 4.98 Å². The van der Waals surface area contributed by atoms with Crippen LogP contribution < -0.4 is 4.74 Å². The highest BCUT2D eigenvalue weighted by Gasteiger charge is 2.38. The molecule has 1 saturated heterocycles. The number of likely N-dealkylation sites (tertiary alicyclic amines) is 1. The zero-order valence-corrected chi connectivity index (χ0v) is 12.8. The maximum atomic E-state index is 12.2. The van der Waals surface area contributed by atoms with Crippen LogP contribution in [0.3, 0.4) is 0 Å². The summed E-state index contributed by atoms with van der Waals surface area (Å²) in [6.45, 7) is 5.64. The molecule has 1 fully saturated rings. The summed E-state index contributed by atoms with van der Waals surface area (Å²) in [7, 11) is 0. The summed E-state index contributed by atoms with van der Waals surface area (Å²) in [5, 5.41) is 18.6. The van der Waals surface area contributed by atoms with Crippen molar-refractivity contribution in [1.29, 1.82) is 0 Å². The van der Waals surface area contributed by atoms with E-state index in [-0.39, 0.29) is 11.6 Å². The van der Waals surface area contributed by atoms with E-state index in [1.54, 1.807) is 20.8 Å². The summed E-state index contributed by atoms with van der Waals surface area (Å²) in [4.78, 5) is 27.8. The number of carbonyl (C=O) groups excluding carboxylic acids is 2. The van der Waals surface area contributed by atoms with Crippen molar-refractivity contribution in [3.05, 3.63) is 6.07 Å². The lowest BCUT2D eigenvalue weighted by Crippen LogP contribution is -2.44. The van der Waals surface area contributed by atoms with Crippen molar-refractivity contribution in [3.63, 3.8) is 0 Å². The fourth-order valence-corrected chi connectivity index (χ4v) is 2.22. The van der Waals surface area contributed by atoms with Gasteiger partial charge < -0.3 is 19.7 Å². The highest BCUT2D eigenvalue weighted by Crippen LogP contribution is 2.31. The third-order valence-corrected chi connectivity index (χ3v) is 3.11. The molecule has 8 nitrogen and oxygen atoms in total. The molecular formula is C14H20N2O6. The first-order chi connectivity index (χ1) is 10.2. The van der Waals surface area contributed by atoms with E-state index in [4.69, 9.17) is 9.47 Å². The molecule has 0 bridgehead atoms. The van der Waals surface area contributed by atoms with Gasteiger partial charge in [-0.15, -0.1) is 0 Å². The summed E-state index contributed by atoms with van der Waals surface area (Å²) < 4.78 is 10.3. The average Bonchev–Trinajstić information content (AvgIpc) is 2.94.